The summed E-state index contributed by atoms with van der Waals surface area (Å²) >= 11 is 0. The van der Waals surface area contributed by atoms with Gasteiger partial charge in [0, 0.05) is 6.04 Å². The van der Waals surface area contributed by atoms with Crippen molar-refractivity contribution in [1.29, 1.82) is 0 Å². The molecule has 4 atom stereocenters. The Labute approximate surface area is 80.7 Å². The lowest BCUT2D eigenvalue weighted by Gasteiger charge is -2.20. The van der Waals surface area contributed by atoms with Crippen molar-refractivity contribution in [1.82, 2.24) is 5.32 Å². The molecule has 2 nitrogen and oxygen atoms in total. The van der Waals surface area contributed by atoms with Gasteiger partial charge in [0.2, 0.25) is 0 Å². The minimum absolute atomic E-state index is 0.0232. The first-order chi connectivity index (χ1) is 6.31. The molecule has 2 N–H and O–H groups in total. The minimum atomic E-state index is -0.0232. The smallest absolute Gasteiger partial charge is 0.0541 e. The standard InChI is InChI=1S/C11H21NO/c1-2-8-7-12-11-6-4-9(13)3-5-10(8)11/h8-13H,2-7H2,1H3. The van der Waals surface area contributed by atoms with Crippen LogP contribution in [0.3, 0.4) is 0 Å². The molecular formula is C11H21NO. The lowest BCUT2D eigenvalue weighted by molar-refractivity contribution is 0.153. The van der Waals surface area contributed by atoms with Gasteiger partial charge in [0.15, 0.2) is 0 Å². The molecule has 0 bridgehead atoms. The summed E-state index contributed by atoms with van der Waals surface area (Å²) in [5.41, 5.74) is 0. The monoisotopic (exact) mass is 183 g/mol. The van der Waals surface area contributed by atoms with Crippen LogP contribution in [-0.2, 0) is 0 Å². The van der Waals surface area contributed by atoms with Gasteiger partial charge in [0.25, 0.3) is 0 Å². The van der Waals surface area contributed by atoms with Crippen LogP contribution in [0.15, 0.2) is 0 Å². The van der Waals surface area contributed by atoms with Crippen LogP contribution in [0.1, 0.15) is 39.0 Å². The van der Waals surface area contributed by atoms with Crippen LogP contribution in [0.25, 0.3) is 0 Å². The minimum Gasteiger partial charge on any atom is -0.393 e. The molecule has 2 rings (SSSR count). The molecule has 1 aliphatic heterocycles. The molecule has 0 aromatic rings. The predicted molar refractivity (Wildman–Crippen MR) is 53.5 cm³/mol. The molecule has 2 fully saturated rings. The number of nitrogens with one attached hydrogen (secondary N) is 1. The van der Waals surface area contributed by atoms with Crippen LogP contribution in [0.4, 0.5) is 0 Å². The van der Waals surface area contributed by atoms with E-state index in [0.29, 0.717) is 6.04 Å². The van der Waals surface area contributed by atoms with E-state index in [1.807, 2.05) is 0 Å². The highest BCUT2D eigenvalue weighted by Gasteiger charge is 2.36. The second-order valence-electron chi connectivity index (χ2n) is 4.66. The molecule has 0 amide bonds. The summed E-state index contributed by atoms with van der Waals surface area (Å²) in [7, 11) is 0. The zero-order valence-electron chi connectivity index (χ0n) is 8.50. The van der Waals surface area contributed by atoms with E-state index in [9.17, 15) is 5.11 Å². The Morgan fingerprint density at radius 1 is 1.23 bits per heavy atom. The summed E-state index contributed by atoms with van der Waals surface area (Å²) in [6, 6.07) is 0.710. The molecule has 0 aromatic heterocycles. The van der Waals surface area contributed by atoms with E-state index in [0.717, 1.165) is 24.7 Å². The summed E-state index contributed by atoms with van der Waals surface area (Å²) in [5.74, 6) is 1.72. The first-order valence-corrected chi connectivity index (χ1v) is 5.72. The molecule has 2 aliphatic rings. The largest absolute Gasteiger partial charge is 0.393 e. The van der Waals surface area contributed by atoms with Crippen molar-refractivity contribution in [2.45, 2.75) is 51.2 Å². The fraction of sp³-hybridized carbons (Fsp3) is 1.00. The molecule has 1 aliphatic carbocycles. The van der Waals surface area contributed by atoms with Gasteiger partial charge in [-0.3, -0.25) is 0 Å². The van der Waals surface area contributed by atoms with E-state index in [-0.39, 0.29) is 6.10 Å². The Hall–Kier alpha value is -0.0800. The van der Waals surface area contributed by atoms with Crippen molar-refractivity contribution in [3.63, 3.8) is 0 Å². The van der Waals surface area contributed by atoms with E-state index in [1.54, 1.807) is 0 Å². The van der Waals surface area contributed by atoms with Gasteiger partial charge < -0.3 is 10.4 Å². The second-order valence-corrected chi connectivity index (χ2v) is 4.66. The fourth-order valence-corrected chi connectivity index (χ4v) is 3.04. The zero-order chi connectivity index (χ0) is 9.26. The van der Waals surface area contributed by atoms with Gasteiger partial charge in [-0.1, -0.05) is 13.3 Å². The van der Waals surface area contributed by atoms with Gasteiger partial charge in [-0.05, 0) is 44.1 Å². The van der Waals surface area contributed by atoms with Crippen LogP contribution in [0.5, 0.6) is 0 Å². The summed E-state index contributed by atoms with van der Waals surface area (Å²) < 4.78 is 0. The summed E-state index contributed by atoms with van der Waals surface area (Å²) in [6.45, 7) is 3.50. The van der Waals surface area contributed by atoms with Crippen molar-refractivity contribution in [2.75, 3.05) is 6.54 Å². The topological polar surface area (TPSA) is 32.3 Å². The third-order valence-corrected chi connectivity index (χ3v) is 3.93. The van der Waals surface area contributed by atoms with E-state index >= 15 is 0 Å². The summed E-state index contributed by atoms with van der Waals surface area (Å²) in [4.78, 5) is 0. The highest BCUT2D eigenvalue weighted by Crippen LogP contribution is 2.34. The van der Waals surface area contributed by atoms with Crippen LogP contribution >= 0.6 is 0 Å². The molecule has 76 valence electrons. The molecule has 0 radical (unpaired) electrons. The van der Waals surface area contributed by atoms with Gasteiger partial charge >= 0.3 is 0 Å². The van der Waals surface area contributed by atoms with Crippen LogP contribution in [0, 0.1) is 11.8 Å². The Morgan fingerprint density at radius 3 is 2.77 bits per heavy atom. The molecule has 2 heteroatoms. The van der Waals surface area contributed by atoms with Crippen molar-refractivity contribution in [2.24, 2.45) is 11.8 Å². The van der Waals surface area contributed by atoms with Crippen LogP contribution < -0.4 is 5.32 Å². The summed E-state index contributed by atoms with van der Waals surface area (Å²) in [6.07, 6.45) is 5.72. The Kier molecular flexibility index (Phi) is 2.89. The fourth-order valence-electron chi connectivity index (χ4n) is 3.04. The van der Waals surface area contributed by atoms with Gasteiger partial charge in [0.05, 0.1) is 6.10 Å². The van der Waals surface area contributed by atoms with Crippen molar-refractivity contribution >= 4 is 0 Å². The average Bonchev–Trinajstić information content (AvgIpc) is 2.45. The van der Waals surface area contributed by atoms with E-state index < -0.39 is 0 Å². The maximum Gasteiger partial charge on any atom is 0.0541 e. The molecule has 1 heterocycles. The van der Waals surface area contributed by atoms with Gasteiger partial charge in [0.1, 0.15) is 0 Å². The van der Waals surface area contributed by atoms with Crippen molar-refractivity contribution in [3.8, 4) is 0 Å². The number of aliphatic hydroxyl groups excluding tert-OH is 1. The van der Waals surface area contributed by atoms with E-state index in [4.69, 9.17) is 0 Å². The molecule has 0 aromatic carbocycles. The lowest BCUT2D eigenvalue weighted by atomic mass is 9.85. The first kappa shape index (κ1) is 9.47. The van der Waals surface area contributed by atoms with Gasteiger partial charge in [-0.15, -0.1) is 0 Å². The molecule has 13 heavy (non-hydrogen) atoms. The highest BCUT2D eigenvalue weighted by molar-refractivity contribution is 4.92. The maximum atomic E-state index is 9.58. The SMILES string of the molecule is CCC1CNC2CCC(O)CCC12. The lowest BCUT2D eigenvalue weighted by Crippen LogP contribution is -2.26. The van der Waals surface area contributed by atoms with Gasteiger partial charge in [-0.2, -0.15) is 0 Å². The number of rotatable bonds is 1. The normalized spacial score (nSPS) is 45.7. The molecular weight excluding hydrogens is 162 g/mol. The third kappa shape index (κ3) is 1.89. The van der Waals surface area contributed by atoms with Gasteiger partial charge in [-0.25, -0.2) is 0 Å². The molecule has 1 saturated heterocycles. The highest BCUT2D eigenvalue weighted by atomic mass is 16.3. The Balaban J connectivity index is 1.99. The average molecular weight is 183 g/mol. The second kappa shape index (κ2) is 3.97. The molecule has 1 saturated carbocycles. The predicted octanol–water partition coefficient (Wildman–Crippen LogP) is 1.54. The Morgan fingerprint density at radius 2 is 2.00 bits per heavy atom. The zero-order valence-corrected chi connectivity index (χ0v) is 8.50. The number of fused-ring (bicyclic) bond motifs is 1. The summed E-state index contributed by atoms with van der Waals surface area (Å²) in [5, 5.41) is 13.2. The molecule has 0 spiro atoms. The quantitative estimate of drug-likeness (QED) is 0.646. The maximum absolute atomic E-state index is 9.58. The first-order valence-electron chi connectivity index (χ1n) is 5.72. The Bertz CT molecular complexity index is 171. The van der Waals surface area contributed by atoms with Crippen LogP contribution in [0.2, 0.25) is 0 Å². The third-order valence-electron chi connectivity index (χ3n) is 3.93. The van der Waals surface area contributed by atoms with Crippen molar-refractivity contribution in [3.05, 3.63) is 0 Å². The number of hydrogen-bond acceptors (Lipinski definition) is 2. The van der Waals surface area contributed by atoms with Crippen LogP contribution in [-0.4, -0.2) is 23.8 Å². The van der Waals surface area contributed by atoms with Crippen molar-refractivity contribution < 1.29 is 5.11 Å². The molecule has 4 unspecified atom stereocenters. The number of aliphatic hydroxyl groups is 1. The van der Waals surface area contributed by atoms with E-state index in [1.165, 1.54) is 25.8 Å². The van der Waals surface area contributed by atoms with E-state index in [2.05, 4.69) is 12.2 Å². The number of hydrogen-bond donors (Lipinski definition) is 2.